The number of sulfonamides is 1. The molecule has 1 unspecified atom stereocenters. The Bertz CT molecular complexity index is 852. The minimum Gasteiger partial charge on any atom is -0.336 e. The van der Waals surface area contributed by atoms with E-state index in [9.17, 15) is 13.2 Å². The Balaban J connectivity index is 1.61. The number of pyridine rings is 1. The molecule has 10 heteroatoms. The van der Waals surface area contributed by atoms with E-state index in [2.05, 4.69) is 20.0 Å². The minimum absolute atomic E-state index is 0.0350. The second-order valence-corrected chi connectivity index (χ2v) is 7.81. The van der Waals surface area contributed by atoms with E-state index in [1.54, 1.807) is 17.2 Å². The van der Waals surface area contributed by atoms with Gasteiger partial charge in [-0.25, -0.2) is 18.1 Å². The van der Waals surface area contributed by atoms with Crippen LogP contribution in [0.25, 0.3) is 0 Å². The van der Waals surface area contributed by atoms with Crippen LogP contribution >= 0.6 is 0 Å². The average molecular weight is 378 g/mol. The summed E-state index contributed by atoms with van der Waals surface area (Å²) in [5, 5.41) is 3.27. The molecule has 140 valence electrons. The van der Waals surface area contributed by atoms with Crippen LogP contribution in [0.5, 0.6) is 0 Å². The van der Waals surface area contributed by atoms with E-state index in [-0.39, 0.29) is 29.8 Å². The van der Waals surface area contributed by atoms with Gasteiger partial charge in [0.1, 0.15) is 16.8 Å². The smallest absolute Gasteiger partial charge is 0.242 e. The van der Waals surface area contributed by atoms with Crippen molar-refractivity contribution in [2.75, 3.05) is 26.2 Å². The van der Waals surface area contributed by atoms with E-state index in [0.29, 0.717) is 19.6 Å². The number of rotatable bonds is 6. The number of imidazole rings is 1. The summed E-state index contributed by atoms with van der Waals surface area (Å²) in [6.07, 6.45) is 6.41. The highest BCUT2D eigenvalue weighted by Crippen LogP contribution is 2.21. The molecule has 1 saturated heterocycles. The first kappa shape index (κ1) is 18.5. The van der Waals surface area contributed by atoms with Gasteiger partial charge in [0.15, 0.2) is 0 Å². The number of hydrogen-bond acceptors (Lipinski definition) is 6. The van der Waals surface area contributed by atoms with Gasteiger partial charge in [0.2, 0.25) is 15.9 Å². The number of nitrogens with one attached hydrogen (secondary N) is 2. The first-order chi connectivity index (χ1) is 12.5. The Morgan fingerprint density at radius 3 is 2.96 bits per heavy atom. The number of hydrogen-bond donors (Lipinski definition) is 2. The first-order valence-electron chi connectivity index (χ1n) is 8.36. The highest BCUT2D eigenvalue weighted by atomic mass is 32.2. The SMILES string of the molecule is Cn1ccnc1C1CNCCN1C(=O)CCNS(=O)(=O)c1cccnc1. The Hall–Kier alpha value is -2.30. The summed E-state index contributed by atoms with van der Waals surface area (Å²) in [7, 11) is -1.77. The monoisotopic (exact) mass is 378 g/mol. The van der Waals surface area contributed by atoms with Gasteiger partial charge < -0.3 is 14.8 Å². The molecule has 1 aliphatic heterocycles. The number of amides is 1. The zero-order valence-corrected chi connectivity index (χ0v) is 15.3. The normalized spacial score (nSPS) is 18.0. The average Bonchev–Trinajstić information content (AvgIpc) is 3.08. The van der Waals surface area contributed by atoms with Gasteiger partial charge in [-0.15, -0.1) is 0 Å². The predicted octanol–water partition coefficient (Wildman–Crippen LogP) is -0.343. The predicted molar refractivity (Wildman–Crippen MR) is 94.6 cm³/mol. The van der Waals surface area contributed by atoms with Crippen molar-refractivity contribution < 1.29 is 13.2 Å². The van der Waals surface area contributed by atoms with E-state index in [1.165, 1.54) is 18.5 Å². The number of nitrogens with zero attached hydrogens (tertiary/aromatic N) is 4. The van der Waals surface area contributed by atoms with Crippen molar-refractivity contribution in [3.8, 4) is 0 Å². The lowest BCUT2D eigenvalue weighted by Crippen LogP contribution is -2.50. The molecule has 1 fully saturated rings. The van der Waals surface area contributed by atoms with E-state index in [4.69, 9.17) is 0 Å². The molecule has 3 heterocycles. The van der Waals surface area contributed by atoms with Gasteiger partial charge in [0.25, 0.3) is 0 Å². The van der Waals surface area contributed by atoms with Crippen LogP contribution in [0.2, 0.25) is 0 Å². The van der Waals surface area contributed by atoms with Gasteiger partial charge in [-0.3, -0.25) is 9.78 Å². The molecule has 1 aliphatic rings. The fourth-order valence-electron chi connectivity index (χ4n) is 2.96. The third kappa shape index (κ3) is 4.09. The molecule has 9 nitrogen and oxygen atoms in total. The van der Waals surface area contributed by atoms with E-state index < -0.39 is 10.0 Å². The maximum atomic E-state index is 12.7. The number of piperazine rings is 1. The van der Waals surface area contributed by atoms with E-state index in [0.717, 1.165) is 5.82 Å². The van der Waals surface area contributed by atoms with Crippen molar-refractivity contribution in [3.63, 3.8) is 0 Å². The fraction of sp³-hybridized carbons (Fsp3) is 0.438. The second-order valence-electron chi connectivity index (χ2n) is 6.04. The molecule has 3 rings (SSSR count). The topological polar surface area (TPSA) is 109 Å². The molecule has 1 amide bonds. The lowest BCUT2D eigenvalue weighted by Gasteiger charge is -2.35. The van der Waals surface area contributed by atoms with Crippen LogP contribution in [-0.4, -0.2) is 59.9 Å². The van der Waals surface area contributed by atoms with Gasteiger partial charge in [-0.2, -0.15) is 0 Å². The lowest BCUT2D eigenvalue weighted by atomic mass is 10.1. The Morgan fingerprint density at radius 2 is 2.27 bits per heavy atom. The summed E-state index contributed by atoms with van der Waals surface area (Å²) in [6, 6.07) is 2.86. The third-order valence-corrected chi connectivity index (χ3v) is 5.74. The van der Waals surface area contributed by atoms with E-state index >= 15 is 0 Å². The molecule has 0 spiro atoms. The van der Waals surface area contributed by atoms with E-state index in [1.807, 2.05) is 17.8 Å². The van der Waals surface area contributed by atoms with Crippen LogP contribution in [0, 0.1) is 0 Å². The summed E-state index contributed by atoms with van der Waals surface area (Å²) < 4.78 is 28.7. The van der Waals surface area contributed by atoms with Crippen LogP contribution in [0.15, 0.2) is 41.8 Å². The molecule has 26 heavy (non-hydrogen) atoms. The summed E-state index contributed by atoms with van der Waals surface area (Å²) in [5.41, 5.74) is 0. The van der Waals surface area contributed by atoms with Gasteiger partial charge in [-0.1, -0.05) is 0 Å². The molecule has 0 aromatic carbocycles. The molecule has 2 N–H and O–H groups in total. The summed E-state index contributed by atoms with van der Waals surface area (Å²) in [5.74, 6) is 0.704. The number of carbonyl (C=O) groups is 1. The maximum Gasteiger partial charge on any atom is 0.242 e. The summed E-state index contributed by atoms with van der Waals surface area (Å²) >= 11 is 0. The standard InChI is InChI=1S/C16H22N6O3S/c1-21-9-8-19-16(21)14-12-18-7-10-22(14)15(23)4-6-20-26(24,25)13-3-2-5-17-11-13/h2-3,5,8-9,11,14,18,20H,4,6-7,10,12H2,1H3. The third-order valence-electron chi connectivity index (χ3n) is 4.30. The zero-order chi connectivity index (χ0) is 18.6. The van der Waals surface area contributed by atoms with Crippen LogP contribution in [0.1, 0.15) is 18.3 Å². The molecular formula is C16H22N6O3S. The summed E-state index contributed by atoms with van der Waals surface area (Å²) in [4.78, 5) is 22.6. The van der Waals surface area contributed by atoms with Crippen molar-refractivity contribution in [2.45, 2.75) is 17.4 Å². The van der Waals surface area contributed by atoms with Crippen molar-refractivity contribution in [2.24, 2.45) is 7.05 Å². The first-order valence-corrected chi connectivity index (χ1v) is 9.84. The molecule has 1 atom stereocenters. The Labute approximate surface area is 152 Å². The quantitative estimate of drug-likeness (QED) is 0.712. The number of carbonyl (C=O) groups excluding carboxylic acids is 1. The zero-order valence-electron chi connectivity index (χ0n) is 14.5. The minimum atomic E-state index is -3.66. The maximum absolute atomic E-state index is 12.7. The van der Waals surface area contributed by atoms with Gasteiger partial charge >= 0.3 is 0 Å². The molecule has 0 saturated carbocycles. The van der Waals surface area contributed by atoms with Crippen molar-refractivity contribution >= 4 is 15.9 Å². The van der Waals surface area contributed by atoms with Gasteiger partial charge in [0, 0.05) is 64.4 Å². The van der Waals surface area contributed by atoms with Crippen molar-refractivity contribution in [1.29, 1.82) is 0 Å². The van der Waals surface area contributed by atoms with Crippen molar-refractivity contribution in [1.82, 2.24) is 29.5 Å². The molecule has 2 aromatic heterocycles. The van der Waals surface area contributed by atoms with Gasteiger partial charge in [-0.05, 0) is 12.1 Å². The highest BCUT2D eigenvalue weighted by molar-refractivity contribution is 7.89. The lowest BCUT2D eigenvalue weighted by molar-refractivity contribution is -0.134. The van der Waals surface area contributed by atoms with Gasteiger partial charge in [0.05, 0.1) is 0 Å². The number of aryl methyl sites for hydroxylation is 1. The number of aromatic nitrogens is 3. The fourth-order valence-corrected chi connectivity index (χ4v) is 3.95. The Morgan fingerprint density at radius 1 is 1.42 bits per heavy atom. The van der Waals surface area contributed by atoms with Crippen LogP contribution in [0.3, 0.4) is 0 Å². The molecule has 0 aliphatic carbocycles. The molecular weight excluding hydrogens is 356 g/mol. The van der Waals surface area contributed by atoms with Crippen LogP contribution in [-0.2, 0) is 21.9 Å². The molecule has 0 radical (unpaired) electrons. The molecule has 0 bridgehead atoms. The van der Waals surface area contributed by atoms with Crippen LogP contribution < -0.4 is 10.0 Å². The second kappa shape index (κ2) is 7.94. The molecule has 2 aromatic rings. The Kier molecular flexibility index (Phi) is 5.64. The summed E-state index contributed by atoms with van der Waals surface area (Å²) in [6.45, 7) is 1.92. The largest absolute Gasteiger partial charge is 0.336 e. The van der Waals surface area contributed by atoms with Crippen molar-refractivity contribution in [3.05, 3.63) is 42.7 Å². The highest BCUT2D eigenvalue weighted by Gasteiger charge is 2.30. The van der Waals surface area contributed by atoms with Crippen LogP contribution in [0.4, 0.5) is 0 Å².